The molecule has 1 amide bonds. The Hall–Kier alpha value is -3.57. The molecule has 228 valence electrons. The monoisotopic (exact) mass is 606 g/mol. The van der Waals surface area contributed by atoms with Gasteiger partial charge in [0.2, 0.25) is 0 Å². The fourth-order valence-electron chi connectivity index (χ4n) is 8.32. The summed E-state index contributed by atoms with van der Waals surface area (Å²) in [6, 6.07) is 12.9. The van der Waals surface area contributed by atoms with Crippen molar-refractivity contribution in [3.63, 3.8) is 0 Å². The van der Waals surface area contributed by atoms with Crippen LogP contribution in [0.2, 0.25) is 5.02 Å². The second kappa shape index (κ2) is 11.1. The zero-order valence-corrected chi connectivity index (χ0v) is 26.8. The first-order valence-electron chi connectivity index (χ1n) is 16.3. The van der Waals surface area contributed by atoms with Gasteiger partial charge < -0.3 is 15.1 Å². The van der Waals surface area contributed by atoms with Crippen molar-refractivity contribution in [2.45, 2.75) is 89.6 Å². The van der Waals surface area contributed by atoms with E-state index in [1.54, 1.807) is 6.20 Å². The summed E-state index contributed by atoms with van der Waals surface area (Å²) < 4.78 is 0. The molecule has 2 aromatic rings. The molecule has 7 rings (SSSR count). The number of nitrogens with zero attached hydrogens (tertiary/aromatic N) is 3. The SMILES string of the molecule is C=CN1CCC/C1=C(/C)C(C(=C)NC1=NC=CC1)N1Cc2c(Cl)cc(-c3ccc(C4(CCCC)CC45CC5)cc3)cc2C1=O. The summed E-state index contributed by atoms with van der Waals surface area (Å²) in [6.45, 7) is 14.2. The Kier molecular flexibility index (Phi) is 7.36. The third-order valence-electron chi connectivity index (χ3n) is 11.0. The topological polar surface area (TPSA) is 47.9 Å². The number of likely N-dealkylation sites (tertiary alicyclic amines) is 1. The lowest BCUT2D eigenvalue weighted by Gasteiger charge is -2.33. The van der Waals surface area contributed by atoms with Gasteiger partial charge in [0.25, 0.3) is 5.91 Å². The predicted octanol–water partition coefficient (Wildman–Crippen LogP) is 8.88. The predicted molar refractivity (Wildman–Crippen MR) is 180 cm³/mol. The number of aliphatic imine (C=N–C) groups is 1. The summed E-state index contributed by atoms with van der Waals surface area (Å²) in [7, 11) is 0. The maximum atomic E-state index is 14.3. The number of rotatable bonds is 10. The standard InChI is InChI=1S/C38H43ClN4O/c1-5-7-16-38(24-37(38)17-18-37)29-14-12-27(13-15-29)28-21-30-31(32(39)22-28)23-43(36(30)44)35(26(4)41-34-11-8-19-40-34)25(3)33-10-9-20-42(33)6-2/h6,8,12-15,19,21-22,35H,2,4-5,7,9-11,16-18,20,23-24H2,1,3H3,(H,40,41)/b33-25+. The first-order valence-corrected chi connectivity index (χ1v) is 16.7. The van der Waals surface area contributed by atoms with E-state index in [0.717, 1.165) is 59.6 Å². The molecule has 3 heterocycles. The Labute approximate surface area is 267 Å². The number of fused-ring (bicyclic) bond motifs is 1. The summed E-state index contributed by atoms with van der Waals surface area (Å²) in [6.07, 6.45) is 16.4. The largest absolute Gasteiger partial charge is 0.352 e. The number of hydrogen-bond donors (Lipinski definition) is 1. The van der Waals surface area contributed by atoms with Crippen molar-refractivity contribution in [1.29, 1.82) is 0 Å². The highest BCUT2D eigenvalue weighted by Gasteiger charge is 2.73. The Morgan fingerprint density at radius 3 is 2.66 bits per heavy atom. The van der Waals surface area contributed by atoms with Gasteiger partial charge in [-0.05, 0) is 91.5 Å². The van der Waals surface area contributed by atoms with Gasteiger partial charge in [-0.25, -0.2) is 4.99 Å². The molecule has 0 radical (unpaired) electrons. The first-order chi connectivity index (χ1) is 21.3. The fourth-order valence-corrected chi connectivity index (χ4v) is 8.60. The van der Waals surface area contributed by atoms with Gasteiger partial charge in [-0.2, -0.15) is 0 Å². The molecule has 1 N–H and O–H groups in total. The number of allylic oxidation sites excluding steroid dienone is 1. The molecule has 2 saturated carbocycles. The van der Waals surface area contributed by atoms with Crippen LogP contribution in [0.5, 0.6) is 0 Å². The van der Waals surface area contributed by atoms with Crippen LogP contribution in [0.3, 0.4) is 0 Å². The summed E-state index contributed by atoms with van der Waals surface area (Å²) in [5, 5.41) is 4.06. The van der Waals surface area contributed by atoms with Crippen LogP contribution >= 0.6 is 11.6 Å². The van der Waals surface area contributed by atoms with E-state index in [1.165, 1.54) is 49.8 Å². The molecule has 6 heteroatoms. The van der Waals surface area contributed by atoms with E-state index in [2.05, 4.69) is 66.5 Å². The molecule has 5 nitrogen and oxygen atoms in total. The van der Waals surface area contributed by atoms with Crippen LogP contribution in [0, 0.1) is 5.41 Å². The van der Waals surface area contributed by atoms with Crippen molar-refractivity contribution >= 4 is 23.3 Å². The molecule has 2 aliphatic carbocycles. The lowest BCUT2D eigenvalue weighted by Crippen LogP contribution is -2.43. The minimum Gasteiger partial charge on any atom is -0.352 e. The van der Waals surface area contributed by atoms with Crippen LogP contribution in [0.4, 0.5) is 0 Å². The second-order valence-electron chi connectivity index (χ2n) is 13.5. The molecule has 1 saturated heterocycles. The molecule has 0 bridgehead atoms. The third-order valence-corrected chi connectivity index (χ3v) is 11.3. The van der Waals surface area contributed by atoms with E-state index < -0.39 is 0 Å². The average Bonchev–Trinajstić information content (AvgIpc) is 3.63. The second-order valence-corrected chi connectivity index (χ2v) is 13.9. The van der Waals surface area contributed by atoms with Crippen molar-refractivity contribution < 1.29 is 4.79 Å². The number of carbonyl (C=O) groups is 1. The summed E-state index contributed by atoms with van der Waals surface area (Å²) in [5.74, 6) is 0.822. The van der Waals surface area contributed by atoms with Crippen LogP contribution in [0.25, 0.3) is 11.1 Å². The van der Waals surface area contributed by atoms with Crippen molar-refractivity contribution in [2.75, 3.05) is 6.54 Å². The molecular weight excluding hydrogens is 564 g/mol. The van der Waals surface area contributed by atoms with Gasteiger partial charge in [0.15, 0.2) is 0 Å². The van der Waals surface area contributed by atoms with E-state index in [9.17, 15) is 4.79 Å². The van der Waals surface area contributed by atoms with Crippen molar-refractivity contribution in [2.24, 2.45) is 10.4 Å². The number of benzene rings is 2. The molecule has 0 aromatic heterocycles. The van der Waals surface area contributed by atoms with Crippen LogP contribution < -0.4 is 5.32 Å². The van der Waals surface area contributed by atoms with Gasteiger partial charge in [-0.3, -0.25) is 4.79 Å². The van der Waals surface area contributed by atoms with E-state index in [0.29, 0.717) is 28.0 Å². The number of hydrogen-bond acceptors (Lipinski definition) is 4. The van der Waals surface area contributed by atoms with Crippen LogP contribution in [0.15, 0.2) is 90.0 Å². The Balaban J connectivity index is 1.18. The molecule has 2 aromatic carbocycles. The molecule has 44 heavy (non-hydrogen) atoms. The van der Waals surface area contributed by atoms with E-state index in [1.807, 2.05) is 29.3 Å². The van der Waals surface area contributed by atoms with Crippen LogP contribution in [0.1, 0.15) is 93.1 Å². The maximum absolute atomic E-state index is 14.3. The summed E-state index contributed by atoms with van der Waals surface area (Å²) in [5.41, 5.74) is 9.14. The van der Waals surface area contributed by atoms with Crippen LogP contribution in [-0.4, -0.2) is 34.1 Å². The molecule has 2 unspecified atom stereocenters. The van der Waals surface area contributed by atoms with Crippen molar-refractivity contribution in [1.82, 2.24) is 15.1 Å². The minimum absolute atomic E-state index is 0.0184. The molecule has 1 spiro atoms. The molecule has 5 aliphatic rings. The summed E-state index contributed by atoms with van der Waals surface area (Å²) in [4.78, 5) is 22.8. The van der Waals surface area contributed by atoms with E-state index in [4.69, 9.17) is 11.6 Å². The Morgan fingerprint density at radius 2 is 2.00 bits per heavy atom. The quantitative estimate of drug-likeness (QED) is 0.294. The first kappa shape index (κ1) is 29.2. The maximum Gasteiger partial charge on any atom is 0.255 e. The van der Waals surface area contributed by atoms with Gasteiger partial charge >= 0.3 is 0 Å². The third kappa shape index (κ3) is 4.75. The molecule has 2 atom stereocenters. The van der Waals surface area contributed by atoms with Gasteiger partial charge in [-0.1, -0.05) is 74.9 Å². The van der Waals surface area contributed by atoms with Crippen molar-refractivity contribution in [3.8, 4) is 11.1 Å². The van der Waals surface area contributed by atoms with Gasteiger partial charge in [0.05, 0.1) is 6.04 Å². The lowest BCUT2D eigenvalue weighted by atomic mass is 9.86. The molecule has 3 aliphatic heterocycles. The van der Waals surface area contributed by atoms with Crippen molar-refractivity contribution in [3.05, 3.63) is 107 Å². The number of unbranched alkanes of at least 4 members (excludes halogenated alkanes) is 1. The van der Waals surface area contributed by atoms with Gasteiger partial charge in [0, 0.05) is 58.7 Å². The highest BCUT2D eigenvalue weighted by Crippen LogP contribution is 2.80. The van der Waals surface area contributed by atoms with Gasteiger partial charge in [-0.15, -0.1) is 0 Å². The fraction of sp³-hybridized carbons (Fsp3) is 0.421. The van der Waals surface area contributed by atoms with E-state index >= 15 is 0 Å². The number of amides is 1. The highest BCUT2D eigenvalue weighted by molar-refractivity contribution is 6.32. The zero-order chi connectivity index (χ0) is 30.6. The van der Waals surface area contributed by atoms with E-state index in [-0.39, 0.29) is 11.9 Å². The Bertz CT molecular complexity index is 1630. The summed E-state index contributed by atoms with van der Waals surface area (Å²) >= 11 is 6.97. The number of nitrogens with one attached hydrogen (secondary N) is 1. The van der Waals surface area contributed by atoms with Crippen LogP contribution in [-0.2, 0) is 12.0 Å². The molecular formula is C38H43ClN4O. The Morgan fingerprint density at radius 1 is 1.20 bits per heavy atom. The minimum atomic E-state index is -0.347. The number of amidine groups is 1. The molecule has 3 fully saturated rings. The van der Waals surface area contributed by atoms with Gasteiger partial charge in [0.1, 0.15) is 5.84 Å². The normalized spacial score (nSPS) is 24.4. The smallest absolute Gasteiger partial charge is 0.255 e. The number of halogens is 1. The average molecular weight is 607 g/mol. The number of carbonyl (C=O) groups excluding carboxylic acids is 1. The highest BCUT2D eigenvalue weighted by atomic mass is 35.5. The zero-order valence-electron chi connectivity index (χ0n) is 26.1. The lowest BCUT2D eigenvalue weighted by molar-refractivity contribution is 0.0747.